The average Bonchev–Trinajstić information content (AvgIpc) is 2.76. The number of hydrogen-bond acceptors (Lipinski definition) is 2. The number of hydrogen-bond donors (Lipinski definition) is 3. The minimum atomic E-state index is 0.112. The lowest BCUT2D eigenvalue weighted by atomic mass is 10.2. The van der Waals surface area contributed by atoms with E-state index in [-0.39, 0.29) is 6.04 Å². The minimum Gasteiger partial charge on any atom is -0.370 e. The van der Waals surface area contributed by atoms with E-state index in [1.165, 1.54) is 0 Å². The van der Waals surface area contributed by atoms with Crippen LogP contribution in [0, 0.1) is 0 Å². The molecule has 0 aliphatic carbocycles. The lowest BCUT2D eigenvalue weighted by Gasteiger charge is -2.14. The van der Waals surface area contributed by atoms with E-state index in [0.29, 0.717) is 5.96 Å². The predicted octanol–water partition coefficient (Wildman–Crippen LogP) is 1.18. The van der Waals surface area contributed by atoms with Crippen LogP contribution in [0.4, 0.5) is 0 Å². The molecule has 1 rings (SSSR count). The van der Waals surface area contributed by atoms with Crippen LogP contribution >= 0.6 is 0 Å². The largest absolute Gasteiger partial charge is 0.370 e. The van der Waals surface area contributed by atoms with E-state index in [1.807, 2.05) is 0 Å². The van der Waals surface area contributed by atoms with Crippen molar-refractivity contribution >= 4 is 5.96 Å². The minimum absolute atomic E-state index is 0.112. The Morgan fingerprint density at radius 2 is 2.47 bits per heavy atom. The van der Waals surface area contributed by atoms with Crippen molar-refractivity contribution in [2.24, 2.45) is 10.7 Å². The number of H-pyrrole nitrogens is 1. The molecule has 0 saturated heterocycles. The van der Waals surface area contributed by atoms with Gasteiger partial charge in [0.15, 0.2) is 5.96 Å². The van der Waals surface area contributed by atoms with Gasteiger partial charge in [0, 0.05) is 18.9 Å². The molecule has 15 heavy (non-hydrogen) atoms. The van der Waals surface area contributed by atoms with Crippen LogP contribution in [0.25, 0.3) is 0 Å². The lowest BCUT2D eigenvalue weighted by molar-refractivity contribution is 0.588. The smallest absolute Gasteiger partial charge is 0.189 e. The molecule has 0 aliphatic rings. The Morgan fingerprint density at radius 3 is 3.00 bits per heavy atom. The Hall–Kier alpha value is -1.52. The van der Waals surface area contributed by atoms with Crippen molar-refractivity contribution in [1.82, 2.24) is 15.3 Å². The third-order valence-electron chi connectivity index (χ3n) is 2.09. The van der Waals surface area contributed by atoms with Crippen molar-refractivity contribution in [1.29, 1.82) is 0 Å². The number of aliphatic imine (C=N–C) groups is 1. The molecule has 5 nitrogen and oxygen atoms in total. The fourth-order valence-electron chi connectivity index (χ4n) is 1.29. The maximum Gasteiger partial charge on any atom is 0.189 e. The summed E-state index contributed by atoms with van der Waals surface area (Å²) in [5.41, 5.74) is 5.74. The summed E-state index contributed by atoms with van der Waals surface area (Å²) in [5.74, 6) is 1.38. The first kappa shape index (κ1) is 11.6. The molecule has 1 heterocycles. The van der Waals surface area contributed by atoms with E-state index in [9.17, 15) is 0 Å². The second-order valence-electron chi connectivity index (χ2n) is 3.35. The standard InChI is InChI=1S/C10H19N5/c1-3-5-14-10(11)15-8(4-2)9-12-6-7-13-9/h6-8H,3-5H2,1-2H3,(H,12,13)(H3,11,14,15). The number of aromatic amines is 1. The van der Waals surface area contributed by atoms with Crippen LogP contribution < -0.4 is 11.1 Å². The van der Waals surface area contributed by atoms with E-state index in [2.05, 4.69) is 34.1 Å². The van der Waals surface area contributed by atoms with Gasteiger partial charge in [0.2, 0.25) is 0 Å². The molecule has 0 amide bonds. The molecule has 4 N–H and O–H groups in total. The number of nitrogens with zero attached hydrogens (tertiary/aromatic N) is 2. The van der Waals surface area contributed by atoms with Crippen molar-refractivity contribution in [2.45, 2.75) is 32.7 Å². The van der Waals surface area contributed by atoms with Crippen molar-refractivity contribution in [2.75, 3.05) is 6.54 Å². The molecule has 0 fully saturated rings. The summed E-state index contributed by atoms with van der Waals surface area (Å²) >= 11 is 0. The van der Waals surface area contributed by atoms with Gasteiger partial charge in [0.1, 0.15) is 5.82 Å². The highest BCUT2D eigenvalue weighted by molar-refractivity contribution is 5.78. The third kappa shape index (κ3) is 3.61. The van der Waals surface area contributed by atoms with Gasteiger partial charge in [0.25, 0.3) is 0 Å². The van der Waals surface area contributed by atoms with Crippen LogP contribution in [0.1, 0.15) is 38.6 Å². The fraction of sp³-hybridized carbons (Fsp3) is 0.600. The summed E-state index contributed by atoms with van der Waals surface area (Å²) in [7, 11) is 0. The van der Waals surface area contributed by atoms with Gasteiger partial charge in [0.05, 0.1) is 6.04 Å². The van der Waals surface area contributed by atoms with Crippen LogP contribution in [0.2, 0.25) is 0 Å². The van der Waals surface area contributed by atoms with Crippen molar-refractivity contribution in [3.8, 4) is 0 Å². The van der Waals surface area contributed by atoms with Crippen molar-refractivity contribution in [3.05, 3.63) is 18.2 Å². The molecular formula is C10H19N5. The summed E-state index contributed by atoms with van der Waals surface area (Å²) in [5, 5.41) is 3.14. The summed E-state index contributed by atoms with van der Waals surface area (Å²) in [4.78, 5) is 11.4. The van der Waals surface area contributed by atoms with Gasteiger partial charge >= 0.3 is 0 Å². The maximum atomic E-state index is 5.74. The highest BCUT2D eigenvalue weighted by atomic mass is 15.1. The second kappa shape index (κ2) is 6.06. The Morgan fingerprint density at radius 1 is 1.67 bits per heavy atom. The van der Waals surface area contributed by atoms with E-state index in [0.717, 1.165) is 25.2 Å². The molecule has 0 aliphatic heterocycles. The van der Waals surface area contributed by atoms with Crippen LogP contribution in [-0.2, 0) is 0 Å². The lowest BCUT2D eigenvalue weighted by Crippen LogP contribution is -2.35. The Bertz CT molecular complexity index is 291. The van der Waals surface area contributed by atoms with Crippen LogP contribution in [0.15, 0.2) is 17.4 Å². The molecular weight excluding hydrogens is 190 g/mol. The van der Waals surface area contributed by atoms with Gasteiger partial charge in [-0.25, -0.2) is 4.98 Å². The van der Waals surface area contributed by atoms with Gasteiger partial charge < -0.3 is 16.0 Å². The van der Waals surface area contributed by atoms with Gasteiger partial charge in [-0.2, -0.15) is 0 Å². The fourth-order valence-corrected chi connectivity index (χ4v) is 1.29. The summed E-state index contributed by atoms with van der Waals surface area (Å²) in [6, 6.07) is 0.112. The summed E-state index contributed by atoms with van der Waals surface area (Å²) < 4.78 is 0. The molecule has 5 heteroatoms. The van der Waals surface area contributed by atoms with Crippen LogP contribution in [0.5, 0.6) is 0 Å². The SMILES string of the molecule is CCCN=C(N)NC(CC)c1ncc[nH]1. The Labute approximate surface area is 90.2 Å². The van der Waals surface area contributed by atoms with E-state index < -0.39 is 0 Å². The number of nitrogens with two attached hydrogens (primary N) is 1. The zero-order chi connectivity index (χ0) is 11.1. The molecule has 0 aromatic carbocycles. The predicted molar refractivity (Wildman–Crippen MR) is 61.5 cm³/mol. The van der Waals surface area contributed by atoms with Crippen molar-refractivity contribution in [3.63, 3.8) is 0 Å². The molecule has 84 valence electrons. The zero-order valence-electron chi connectivity index (χ0n) is 9.33. The highest BCUT2D eigenvalue weighted by Gasteiger charge is 2.11. The van der Waals surface area contributed by atoms with E-state index in [1.54, 1.807) is 12.4 Å². The third-order valence-corrected chi connectivity index (χ3v) is 2.09. The van der Waals surface area contributed by atoms with Gasteiger partial charge in [-0.05, 0) is 12.8 Å². The first-order chi connectivity index (χ1) is 7.27. The van der Waals surface area contributed by atoms with E-state index >= 15 is 0 Å². The van der Waals surface area contributed by atoms with Crippen molar-refractivity contribution < 1.29 is 0 Å². The molecule has 1 aromatic rings. The number of imidazole rings is 1. The average molecular weight is 209 g/mol. The number of rotatable bonds is 5. The molecule has 1 unspecified atom stereocenters. The first-order valence-electron chi connectivity index (χ1n) is 5.33. The monoisotopic (exact) mass is 209 g/mol. The molecule has 0 saturated carbocycles. The summed E-state index contributed by atoms with van der Waals surface area (Å²) in [6.45, 7) is 4.90. The quantitative estimate of drug-likeness (QED) is 0.503. The maximum absolute atomic E-state index is 5.74. The van der Waals surface area contributed by atoms with Gasteiger partial charge in [-0.1, -0.05) is 13.8 Å². The van der Waals surface area contributed by atoms with Gasteiger partial charge in [-0.3, -0.25) is 4.99 Å². The first-order valence-corrected chi connectivity index (χ1v) is 5.33. The Kier molecular flexibility index (Phi) is 4.66. The number of aromatic nitrogens is 2. The second-order valence-corrected chi connectivity index (χ2v) is 3.35. The van der Waals surface area contributed by atoms with E-state index in [4.69, 9.17) is 5.73 Å². The Balaban J connectivity index is 2.54. The van der Waals surface area contributed by atoms with Gasteiger partial charge in [-0.15, -0.1) is 0 Å². The molecule has 0 radical (unpaired) electrons. The molecule has 0 bridgehead atoms. The number of nitrogens with one attached hydrogen (secondary N) is 2. The van der Waals surface area contributed by atoms with Crippen LogP contribution in [0.3, 0.4) is 0 Å². The topological polar surface area (TPSA) is 79.1 Å². The molecule has 1 aromatic heterocycles. The number of guanidine groups is 1. The molecule has 1 atom stereocenters. The highest BCUT2D eigenvalue weighted by Crippen LogP contribution is 2.10. The molecule has 0 spiro atoms. The summed E-state index contributed by atoms with van der Waals surface area (Å²) in [6.07, 6.45) is 5.45. The van der Waals surface area contributed by atoms with Crippen LogP contribution in [-0.4, -0.2) is 22.5 Å². The zero-order valence-corrected chi connectivity index (χ0v) is 9.33. The normalized spacial score (nSPS) is 13.9.